The van der Waals surface area contributed by atoms with Gasteiger partial charge in [0.15, 0.2) is 11.5 Å². The zero-order chi connectivity index (χ0) is 18.1. The highest BCUT2D eigenvalue weighted by atomic mass is 16.2. The monoisotopic (exact) mass is 349 g/mol. The van der Waals surface area contributed by atoms with E-state index in [1.807, 2.05) is 36.4 Å². The number of amides is 1. The predicted octanol–water partition coefficient (Wildman–Crippen LogP) is 2.36. The molecule has 3 heterocycles. The van der Waals surface area contributed by atoms with Crippen LogP contribution in [0.2, 0.25) is 0 Å². The lowest BCUT2D eigenvalue weighted by Crippen LogP contribution is -2.38. The predicted molar refractivity (Wildman–Crippen MR) is 99.7 cm³/mol. The van der Waals surface area contributed by atoms with E-state index in [0.29, 0.717) is 30.1 Å². The Balaban J connectivity index is 1.73. The third-order valence-electron chi connectivity index (χ3n) is 4.60. The number of nitrogens with zero attached hydrogens (tertiary/aromatic N) is 5. The van der Waals surface area contributed by atoms with Crippen molar-refractivity contribution < 1.29 is 4.79 Å². The summed E-state index contributed by atoms with van der Waals surface area (Å²) >= 11 is 0. The fraction of sp³-hybridized carbons (Fsp3) is 0.263. The van der Waals surface area contributed by atoms with Crippen molar-refractivity contribution in [3.63, 3.8) is 0 Å². The number of aryl methyl sites for hydroxylation is 1. The van der Waals surface area contributed by atoms with Gasteiger partial charge in [-0.1, -0.05) is 36.4 Å². The van der Waals surface area contributed by atoms with Crippen molar-refractivity contribution in [1.29, 1.82) is 0 Å². The lowest BCUT2D eigenvalue weighted by atomic mass is 10.2. The van der Waals surface area contributed by atoms with Crippen molar-refractivity contribution in [1.82, 2.24) is 24.0 Å². The van der Waals surface area contributed by atoms with Gasteiger partial charge in [0.1, 0.15) is 5.52 Å². The van der Waals surface area contributed by atoms with Gasteiger partial charge < -0.3 is 4.90 Å². The third kappa shape index (κ3) is 2.81. The third-order valence-corrected chi connectivity index (χ3v) is 4.60. The minimum Gasteiger partial charge on any atom is -0.324 e. The van der Waals surface area contributed by atoms with Crippen LogP contribution in [0.25, 0.3) is 23.3 Å². The summed E-state index contributed by atoms with van der Waals surface area (Å²) in [7, 11) is 1.62. The molecule has 0 bridgehead atoms. The van der Waals surface area contributed by atoms with Gasteiger partial charge in [0, 0.05) is 20.1 Å². The highest BCUT2D eigenvalue weighted by molar-refractivity contribution is 5.88. The van der Waals surface area contributed by atoms with E-state index in [1.165, 1.54) is 9.13 Å². The first-order chi connectivity index (χ1) is 12.6. The number of fused-ring (bicyclic) bond motifs is 1. The molecule has 1 aliphatic rings. The van der Waals surface area contributed by atoms with Crippen molar-refractivity contribution >= 4 is 29.3 Å². The molecule has 1 aromatic carbocycles. The molecule has 1 saturated heterocycles. The number of imidazole rings is 1. The van der Waals surface area contributed by atoms with Crippen LogP contribution in [-0.4, -0.2) is 43.1 Å². The fourth-order valence-corrected chi connectivity index (χ4v) is 3.18. The number of rotatable bonds is 2. The van der Waals surface area contributed by atoms with E-state index >= 15 is 0 Å². The van der Waals surface area contributed by atoms with Crippen LogP contribution in [0.3, 0.4) is 0 Å². The summed E-state index contributed by atoms with van der Waals surface area (Å²) in [6, 6.07) is 9.53. The number of aromatic nitrogens is 4. The molecule has 0 atom stereocenters. The summed E-state index contributed by atoms with van der Waals surface area (Å²) < 4.78 is 2.57. The Labute approximate surface area is 150 Å². The lowest BCUT2D eigenvalue weighted by Gasteiger charge is -2.14. The van der Waals surface area contributed by atoms with Crippen LogP contribution in [0.1, 0.15) is 24.2 Å². The number of hydrogen-bond donors (Lipinski definition) is 0. The van der Waals surface area contributed by atoms with Gasteiger partial charge in [-0.3, -0.25) is 4.57 Å². The van der Waals surface area contributed by atoms with Gasteiger partial charge in [0.2, 0.25) is 0 Å². The Morgan fingerprint density at radius 2 is 1.85 bits per heavy atom. The quantitative estimate of drug-likeness (QED) is 0.712. The van der Waals surface area contributed by atoms with E-state index in [0.717, 1.165) is 18.4 Å². The van der Waals surface area contributed by atoms with Crippen LogP contribution < -0.4 is 5.69 Å². The van der Waals surface area contributed by atoms with Gasteiger partial charge in [0.25, 0.3) is 0 Å². The summed E-state index contributed by atoms with van der Waals surface area (Å²) in [4.78, 5) is 35.7. The molecule has 132 valence electrons. The molecule has 7 nitrogen and oxygen atoms in total. The van der Waals surface area contributed by atoms with Crippen molar-refractivity contribution in [3.05, 3.63) is 58.4 Å². The second kappa shape index (κ2) is 6.59. The Morgan fingerprint density at radius 3 is 2.58 bits per heavy atom. The van der Waals surface area contributed by atoms with Crippen LogP contribution in [0.15, 0.2) is 41.3 Å². The first kappa shape index (κ1) is 16.3. The molecule has 4 rings (SSSR count). The number of likely N-dealkylation sites (tertiary alicyclic amines) is 1. The highest BCUT2D eigenvalue weighted by Crippen LogP contribution is 2.14. The average Bonchev–Trinajstić information content (AvgIpc) is 3.29. The smallest absolute Gasteiger partial charge is 0.324 e. The standard InChI is InChI=1S/C19H19N5O2/c1-22-17-15(24(18(22)25)19(26)23-11-5-6-12-23)13-20-16(21-17)10-9-14-7-3-2-4-8-14/h2-4,7-10,13H,5-6,11-12H2,1H3/b10-9+. The molecule has 0 aliphatic carbocycles. The van der Waals surface area contributed by atoms with Crippen molar-refractivity contribution in [2.24, 2.45) is 7.05 Å². The molecule has 1 aliphatic heterocycles. The number of benzene rings is 1. The molecule has 0 radical (unpaired) electrons. The molecule has 0 unspecified atom stereocenters. The Bertz CT molecular complexity index is 1040. The van der Waals surface area contributed by atoms with E-state index in [1.54, 1.807) is 24.2 Å². The molecular formula is C19H19N5O2. The van der Waals surface area contributed by atoms with Crippen LogP contribution in [0, 0.1) is 0 Å². The van der Waals surface area contributed by atoms with E-state index in [2.05, 4.69) is 9.97 Å². The number of carbonyl (C=O) groups excluding carboxylic acids is 1. The minimum atomic E-state index is -0.393. The van der Waals surface area contributed by atoms with Crippen molar-refractivity contribution in [2.45, 2.75) is 12.8 Å². The first-order valence-electron chi connectivity index (χ1n) is 8.62. The van der Waals surface area contributed by atoms with Crippen LogP contribution in [0.5, 0.6) is 0 Å². The minimum absolute atomic E-state index is 0.297. The summed E-state index contributed by atoms with van der Waals surface area (Å²) in [5.74, 6) is 0.489. The summed E-state index contributed by atoms with van der Waals surface area (Å²) in [6.45, 7) is 1.36. The molecule has 7 heteroatoms. The van der Waals surface area contributed by atoms with Gasteiger partial charge in [-0.15, -0.1) is 0 Å². The SMILES string of the molecule is Cn1c(=O)n(C(=O)N2CCCC2)c2cnc(/C=C/c3ccccc3)nc21. The van der Waals surface area contributed by atoms with E-state index < -0.39 is 5.69 Å². The molecular weight excluding hydrogens is 330 g/mol. The molecule has 0 saturated carbocycles. The summed E-state index contributed by atoms with van der Waals surface area (Å²) in [6.07, 6.45) is 7.18. The van der Waals surface area contributed by atoms with Crippen molar-refractivity contribution in [2.75, 3.05) is 13.1 Å². The Morgan fingerprint density at radius 1 is 1.12 bits per heavy atom. The first-order valence-corrected chi connectivity index (χ1v) is 8.62. The van der Waals surface area contributed by atoms with Crippen LogP contribution >= 0.6 is 0 Å². The molecule has 1 fully saturated rings. The topological polar surface area (TPSA) is 73.0 Å². The normalized spacial score (nSPS) is 14.6. The molecule has 3 aromatic rings. The molecule has 1 amide bonds. The Hall–Kier alpha value is -3.22. The van der Waals surface area contributed by atoms with Gasteiger partial charge >= 0.3 is 11.7 Å². The molecule has 26 heavy (non-hydrogen) atoms. The zero-order valence-corrected chi connectivity index (χ0v) is 14.5. The number of carbonyl (C=O) groups is 1. The number of hydrogen-bond acceptors (Lipinski definition) is 4. The second-order valence-corrected chi connectivity index (χ2v) is 6.33. The maximum Gasteiger partial charge on any atom is 0.338 e. The second-order valence-electron chi connectivity index (χ2n) is 6.33. The van der Waals surface area contributed by atoms with Gasteiger partial charge in [-0.25, -0.2) is 24.1 Å². The maximum atomic E-state index is 12.7. The fourth-order valence-electron chi connectivity index (χ4n) is 3.18. The Kier molecular flexibility index (Phi) is 4.12. The van der Waals surface area contributed by atoms with Crippen molar-refractivity contribution in [3.8, 4) is 0 Å². The van der Waals surface area contributed by atoms with Gasteiger partial charge in [0.05, 0.1) is 6.20 Å². The lowest BCUT2D eigenvalue weighted by molar-refractivity contribution is 0.210. The average molecular weight is 349 g/mol. The summed E-state index contributed by atoms with van der Waals surface area (Å²) in [5.41, 5.74) is 1.53. The highest BCUT2D eigenvalue weighted by Gasteiger charge is 2.25. The van der Waals surface area contributed by atoms with Gasteiger partial charge in [-0.05, 0) is 24.5 Å². The molecule has 2 aromatic heterocycles. The van der Waals surface area contributed by atoms with Crippen LogP contribution in [-0.2, 0) is 7.05 Å². The van der Waals surface area contributed by atoms with Crippen LogP contribution in [0.4, 0.5) is 4.79 Å². The van der Waals surface area contributed by atoms with Gasteiger partial charge in [-0.2, -0.15) is 0 Å². The molecule has 0 N–H and O–H groups in total. The summed E-state index contributed by atoms with van der Waals surface area (Å²) in [5, 5.41) is 0. The van der Waals surface area contributed by atoms with E-state index in [9.17, 15) is 9.59 Å². The van der Waals surface area contributed by atoms with E-state index in [4.69, 9.17) is 0 Å². The molecule has 0 spiro atoms. The zero-order valence-electron chi connectivity index (χ0n) is 14.5. The maximum absolute atomic E-state index is 12.7. The largest absolute Gasteiger partial charge is 0.338 e. The van der Waals surface area contributed by atoms with E-state index in [-0.39, 0.29) is 6.03 Å².